The largest absolute Gasteiger partial charge is 0.384 e. The highest BCUT2D eigenvalue weighted by molar-refractivity contribution is 5.22. The molecule has 1 aliphatic rings. The molecule has 1 unspecified atom stereocenters. The fraction of sp³-hybridized carbons (Fsp3) is 0.643. The molecule has 2 rings (SSSR count). The molecule has 1 aliphatic carbocycles. The van der Waals surface area contributed by atoms with Crippen molar-refractivity contribution in [2.45, 2.75) is 58.1 Å². The van der Waals surface area contributed by atoms with E-state index in [0.717, 1.165) is 24.9 Å². The second kappa shape index (κ2) is 6.01. The van der Waals surface area contributed by atoms with Crippen LogP contribution in [0.25, 0.3) is 0 Å². The maximum absolute atomic E-state index is 10.3. The molecular weight excluding hydrogens is 212 g/mol. The summed E-state index contributed by atoms with van der Waals surface area (Å²) in [6, 6.07) is 0. The molecule has 0 saturated carbocycles. The van der Waals surface area contributed by atoms with Crippen LogP contribution >= 0.6 is 0 Å². The van der Waals surface area contributed by atoms with E-state index >= 15 is 0 Å². The van der Waals surface area contributed by atoms with Crippen LogP contribution in [0.15, 0.2) is 24.0 Å². The second-order valence-corrected chi connectivity index (χ2v) is 4.76. The molecule has 1 atom stereocenters. The first-order chi connectivity index (χ1) is 8.31. The standard InChI is InChI=1S/C14H22N2O/c1-2-16-11-13(10-15-16)14(17)12-8-6-4-3-5-7-9-12/h8,10-11,14,17H,2-7,9H2,1H3/b12-8+. The Morgan fingerprint density at radius 1 is 1.35 bits per heavy atom. The molecule has 17 heavy (non-hydrogen) atoms. The lowest BCUT2D eigenvalue weighted by Gasteiger charge is -2.16. The number of nitrogens with zero attached hydrogens (tertiary/aromatic N) is 2. The molecule has 0 spiro atoms. The number of hydrogen-bond donors (Lipinski definition) is 1. The van der Waals surface area contributed by atoms with Crippen molar-refractivity contribution in [3.8, 4) is 0 Å². The van der Waals surface area contributed by atoms with Crippen LogP contribution in [0.5, 0.6) is 0 Å². The lowest BCUT2D eigenvalue weighted by atomic mass is 9.94. The average Bonchev–Trinajstić information content (AvgIpc) is 2.76. The van der Waals surface area contributed by atoms with E-state index in [1.807, 2.05) is 10.9 Å². The minimum atomic E-state index is -0.451. The monoisotopic (exact) mass is 234 g/mol. The lowest BCUT2D eigenvalue weighted by molar-refractivity contribution is 0.209. The first-order valence-corrected chi connectivity index (χ1v) is 6.70. The van der Waals surface area contributed by atoms with Crippen molar-refractivity contribution in [3.63, 3.8) is 0 Å². The molecule has 0 radical (unpaired) electrons. The van der Waals surface area contributed by atoms with Crippen molar-refractivity contribution in [1.82, 2.24) is 9.78 Å². The van der Waals surface area contributed by atoms with E-state index in [-0.39, 0.29) is 0 Å². The number of aliphatic hydroxyl groups is 1. The van der Waals surface area contributed by atoms with Gasteiger partial charge in [-0.05, 0) is 38.2 Å². The lowest BCUT2D eigenvalue weighted by Crippen LogP contribution is -2.03. The molecule has 3 heteroatoms. The molecule has 1 aromatic rings. The fourth-order valence-electron chi connectivity index (χ4n) is 2.37. The van der Waals surface area contributed by atoms with Gasteiger partial charge in [-0.3, -0.25) is 4.68 Å². The fourth-order valence-corrected chi connectivity index (χ4v) is 2.37. The van der Waals surface area contributed by atoms with Crippen LogP contribution in [0, 0.1) is 0 Å². The zero-order valence-corrected chi connectivity index (χ0v) is 10.6. The summed E-state index contributed by atoms with van der Waals surface area (Å²) >= 11 is 0. The van der Waals surface area contributed by atoms with Gasteiger partial charge in [0.25, 0.3) is 0 Å². The van der Waals surface area contributed by atoms with Crippen LogP contribution < -0.4 is 0 Å². The van der Waals surface area contributed by atoms with Gasteiger partial charge in [0.2, 0.25) is 0 Å². The van der Waals surface area contributed by atoms with E-state index in [4.69, 9.17) is 0 Å². The summed E-state index contributed by atoms with van der Waals surface area (Å²) in [6.07, 6.45) is 12.7. The molecule has 0 fully saturated rings. The Hall–Kier alpha value is -1.09. The Labute approximate surface area is 103 Å². The summed E-state index contributed by atoms with van der Waals surface area (Å²) in [5.74, 6) is 0. The Bertz CT molecular complexity index is 381. The maximum atomic E-state index is 10.3. The van der Waals surface area contributed by atoms with Gasteiger partial charge in [0, 0.05) is 18.3 Å². The molecule has 0 bridgehead atoms. The minimum absolute atomic E-state index is 0.451. The summed E-state index contributed by atoms with van der Waals surface area (Å²) in [6.45, 7) is 2.91. The average molecular weight is 234 g/mol. The van der Waals surface area contributed by atoms with Gasteiger partial charge in [-0.15, -0.1) is 0 Å². The number of aromatic nitrogens is 2. The molecular formula is C14H22N2O. The Morgan fingerprint density at radius 3 is 2.94 bits per heavy atom. The van der Waals surface area contributed by atoms with Gasteiger partial charge in [-0.1, -0.05) is 18.9 Å². The summed E-state index contributed by atoms with van der Waals surface area (Å²) in [5.41, 5.74) is 2.11. The van der Waals surface area contributed by atoms with Gasteiger partial charge >= 0.3 is 0 Å². The van der Waals surface area contributed by atoms with Crippen LogP contribution in [0.3, 0.4) is 0 Å². The van der Waals surface area contributed by atoms with Crippen LogP contribution in [-0.2, 0) is 6.54 Å². The van der Waals surface area contributed by atoms with Gasteiger partial charge in [0.05, 0.1) is 6.20 Å². The summed E-state index contributed by atoms with van der Waals surface area (Å²) < 4.78 is 1.86. The predicted octanol–water partition coefficient (Wildman–Crippen LogP) is 3.22. The van der Waals surface area contributed by atoms with Crippen molar-refractivity contribution < 1.29 is 5.11 Å². The van der Waals surface area contributed by atoms with Crippen molar-refractivity contribution in [3.05, 3.63) is 29.6 Å². The maximum Gasteiger partial charge on any atom is 0.103 e. The van der Waals surface area contributed by atoms with E-state index in [1.54, 1.807) is 6.20 Å². The van der Waals surface area contributed by atoms with Gasteiger partial charge in [0.15, 0.2) is 0 Å². The molecule has 0 aliphatic heterocycles. The van der Waals surface area contributed by atoms with Crippen molar-refractivity contribution in [1.29, 1.82) is 0 Å². The number of aryl methyl sites for hydroxylation is 1. The first kappa shape index (κ1) is 12.4. The van der Waals surface area contributed by atoms with Gasteiger partial charge < -0.3 is 5.11 Å². The van der Waals surface area contributed by atoms with Gasteiger partial charge in [-0.25, -0.2) is 0 Å². The zero-order valence-electron chi connectivity index (χ0n) is 10.6. The Kier molecular flexibility index (Phi) is 4.37. The van der Waals surface area contributed by atoms with E-state index in [2.05, 4.69) is 18.1 Å². The highest BCUT2D eigenvalue weighted by atomic mass is 16.3. The molecule has 0 amide bonds. The third-order valence-corrected chi connectivity index (χ3v) is 3.47. The summed E-state index contributed by atoms with van der Waals surface area (Å²) in [4.78, 5) is 0. The van der Waals surface area contributed by atoms with Gasteiger partial charge in [0.1, 0.15) is 6.10 Å². The summed E-state index contributed by atoms with van der Waals surface area (Å²) in [7, 11) is 0. The molecule has 0 aromatic carbocycles. The van der Waals surface area contributed by atoms with Crippen LogP contribution in [0.4, 0.5) is 0 Å². The van der Waals surface area contributed by atoms with Crippen LogP contribution in [0.1, 0.15) is 57.1 Å². The van der Waals surface area contributed by atoms with E-state index in [0.29, 0.717) is 0 Å². The quantitative estimate of drug-likeness (QED) is 0.815. The van der Waals surface area contributed by atoms with E-state index in [9.17, 15) is 5.11 Å². The molecule has 94 valence electrons. The first-order valence-electron chi connectivity index (χ1n) is 6.70. The zero-order chi connectivity index (χ0) is 12.1. The number of aliphatic hydroxyl groups excluding tert-OH is 1. The van der Waals surface area contributed by atoms with Crippen LogP contribution in [-0.4, -0.2) is 14.9 Å². The van der Waals surface area contributed by atoms with Crippen molar-refractivity contribution >= 4 is 0 Å². The summed E-state index contributed by atoms with van der Waals surface area (Å²) in [5, 5.41) is 14.6. The second-order valence-electron chi connectivity index (χ2n) is 4.76. The molecule has 1 heterocycles. The van der Waals surface area contributed by atoms with Crippen molar-refractivity contribution in [2.75, 3.05) is 0 Å². The van der Waals surface area contributed by atoms with E-state index in [1.165, 1.54) is 31.3 Å². The molecule has 0 saturated heterocycles. The van der Waals surface area contributed by atoms with Crippen LogP contribution in [0.2, 0.25) is 0 Å². The Balaban J connectivity index is 2.08. The van der Waals surface area contributed by atoms with Crippen molar-refractivity contribution in [2.24, 2.45) is 0 Å². The topological polar surface area (TPSA) is 38.0 Å². The third-order valence-electron chi connectivity index (χ3n) is 3.47. The highest BCUT2D eigenvalue weighted by Crippen LogP contribution is 2.28. The SMILES string of the molecule is CCn1cc(C(O)/C2=C/CCCCCC2)cn1. The smallest absolute Gasteiger partial charge is 0.103 e. The predicted molar refractivity (Wildman–Crippen MR) is 68.6 cm³/mol. The number of rotatable bonds is 3. The third kappa shape index (κ3) is 3.19. The number of allylic oxidation sites excluding steroid dienone is 1. The highest BCUT2D eigenvalue weighted by Gasteiger charge is 2.15. The van der Waals surface area contributed by atoms with Gasteiger partial charge in [-0.2, -0.15) is 5.10 Å². The normalized spacial score (nSPS) is 22.4. The number of hydrogen-bond acceptors (Lipinski definition) is 2. The minimum Gasteiger partial charge on any atom is -0.384 e. The molecule has 1 aromatic heterocycles. The Morgan fingerprint density at radius 2 is 2.18 bits per heavy atom. The molecule has 1 N–H and O–H groups in total. The van der Waals surface area contributed by atoms with E-state index < -0.39 is 6.10 Å². The molecule has 3 nitrogen and oxygen atoms in total.